The smallest absolute Gasteiger partial charge is 0.386 e. The van der Waals surface area contributed by atoms with E-state index < -0.39 is 60.9 Å². The second-order valence-electron chi connectivity index (χ2n) is 7.78. The van der Waals surface area contributed by atoms with Gasteiger partial charge in [-0.3, -0.25) is 24.6 Å². The molecular weight excluding hydrogens is 489 g/mol. The third-order valence-corrected chi connectivity index (χ3v) is 5.21. The summed E-state index contributed by atoms with van der Waals surface area (Å²) < 4.78 is 41.0. The first-order valence-corrected chi connectivity index (χ1v) is 10.7. The Hall–Kier alpha value is -4.01. The maximum absolute atomic E-state index is 13.0. The van der Waals surface area contributed by atoms with Crippen LogP contribution in [0.5, 0.6) is 0 Å². The van der Waals surface area contributed by atoms with Gasteiger partial charge in [0, 0.05) is 17.7 Å². The van der Waals surface area contributed by atoms with Crippen LogP contribution in [-0.2, 0) is 23.9 Å². The number of rotatable bonds is 9. The first kappa shape index (κ1) is 28.2. The molecular formula is C21H25F3N6O6. The van der Waals surface area contributed by atoms with E-state index in [0.717, 1.165) is 4.90 Å². The molecule has 2 atom stereocenters. The van der Waals surface area contributed by atoms with Gasteiger partial charge in [0.05, 0.1) is 19.0 Å². The van der Waals surface area contributed by atoms with Crippen LogP contribution in [0.1, 0.15) is 35.2 Å². The fourth-order valence-corrected chi connectivity index (χ4v) is 3.49. The lowest BCUT2D eigenvalue weighted by Crippen LogP contribution is -2.64. The molecule has 196 valence electrons. The lowest BCUT2D eigenvalue weighted by molar-refractivity contribution is -0.202. The van der Waals surface area contributed by atoms with Gasteiger partial charge in [-0.1, -0.05) is 12.1 Å². The van der Waals surface area contributed by atoms with Crippen molar-refractivity contribution in [2.45, 2.75) is 37.5 Å². The highest BCUT2D eigenvalue weighted by Gasteiger charge is 2.44. The summed E-state index contributed by atoms with van der Waals surface area (Å²) in [5.74, 6) is -6.47. The molecule has 1 heterocycles. The monoisotopic (exact) mass is 514 g/mol. The number of esters is 2. The summed E-state index contributed by atoms with van der Waals surface area (Å²) in [4.78, 5) is 61.8. The van der Waals surface area contributed by atoms with Crippen molar-refractivity contribution in [3.63, 3.8) is 0 Å². The Morgan fingerprint density at radius 1 is 1.17 bits per heavy atom. The number of alkyl halides is 3. The summed E-state index contributed by atoms with van der Waals surface area (Å²) in [7, 11) is 0. The average molecular weight is 514 g/mol. The van der Waals surface area contributed by atoms with Crippen molar-refractivity contribution in [1.82, 2.24) is 15.5 Å². The van der Waals surface area contributed by atoms with Gasteiger partial charge in [-0.15, -0.1) is 0 Å². The van der Waals surface area contributed by atoms with Crippen LogP contribution in [-0.4, -0.2) is 78.3 Å². The molecule has 15 heteroatoms. The zero-order valence-electron chi connectivity index (χ0n) is 18.9. The highest BCUT2D eigenvalue weighted by molar-refractivity contribution is 5.99. The van der Waals surface area contributed by atoms with Gasteiger partial charge in [0.1, 0.15) is 11.9 Å². The van der Waals surface area contributed by atoms with Crippen molar-refractivity contribution >= 4 is 35.5 Å². The molecule has 7 N–H and O–H groups in total. The van der Waals surface area contributed by atoms with Gasteiger partial charge in [0.15, 0.2) is 0 Å². The summed E-state index contributed by atoms with van der Waals surface area (Å²) in [5.41, 5.74) is 11.4. The molecule has 1 aliphatic heterocycles. The van der Waals surface area contributed by atoms with Gasteiger partial charge in [-0.25, -0.2) is 4.79 Å². The fourth-order valence-electron chi connectivity index (χ4n) is 3.49. The zero-order chi connectivity index (χ0) is 27.0. The normalized spacial score (nSPS) is 17.7. The minimum Gasteiger partial charge on any atom is -0.386 e. The molecule has 2 rings (SSSR count). The van der Waals surface area contributed by atoms with Crippen LogP contribution in [0.25, 0.3) is 0 Å². The number of ether oxygens (including phenoxy) is 1. The number of hydrogen-bond donors (Lipinski definition) is 5. The summed E-state index contributed by atoms with van der Waals surface area (Å²) in [6.45, 7) is -0.724. The van der Waals surface area contributed by atoms with Crippen molar-refractivity contribution in [3.8, 4) is 0 Å². The SMILES string of the molecule is N=C(N)c1ccc(C(=O)NCC(=O)N2C(CC(=O)OC(=O)C(F)(F)F)CNC(=O)C2CCCN)cc1. The molecule has 0 saturated carbocycles. The highest BCUT2D eigenvalue weighted by Crippen LogP contribution is 2.21. The number of nitrogens with zero attached hydrogens (tertiary/aromatic N) is 1. The number of amides is 3. The molecule has 36 heavy (non-hydrogen) atoms. The van der Waals surface area contributed by atoms with Crippen molar-refractivity contribution in [1.29, 1.82) is 5.41 Å². The number of carbonyl (C=O) groups excluding carboxylic acids is 5. The van der Waals surface area contributed by atoms with E-state index in [1.54, 1.807) is 0 Å². The number of nitrogen functional groups attached to an aromatic ring is 1. The molecule has 1 saturated heterocycles. The van der Waals surface area contributed by atoms with Gasteiger partial charge < -0.3 is 31.7 Å². The first-order chi connectivity index (χ1) is 16.8. The van der Waals surface area contributed by atoms with E-state index >= 15 is 0 Å². The highest BCUT2D eigenvalue weighted by atomic mass is 19.4. The molecule has 0 spiro atoms. The average Bonchev–Trinajstić information content (AvgIpc) is 2.81. The quantitative estimate of drug-likeness (QED) is 0.122. The molecule has 1 aromatic rings. The molecule has 0 bridgehead atoms. The number of amidine groups is 1. The van der Waals surface area contributed by atoms with Crippen LogP contribution in [0, 0.1) is 5.41 Å². The predicted molar refractivity (Wildman–Crippen MR) is 117 cm³/mol. The Bertz CT molecular complexity index is 1030. The van der Waals surface area contributed by atoms with Crippen LogP contribution in [0.4, 0.5) is 13.2 Å². The topological polar surface area (TPSA) is 198 Å². The molecule has 1 aromatic carbocycles. The van der Waals surface area contributed by atoms with Gasteiger partial charge >= 0.3 is 18.1 Å². The number of nitrogens with one attached hydrogen (secondary N) is 3. The van der Waals surface area contributed by atoms with Crippen molar-refractivity contribution in [2.24, 2.45) is 11.5 Å². The Labute approximate surface area is 203 Å². The lowest BCUT2D eigenvalue weighted by atomic mass is 10.00. The second kappa shape index (κ2) is 12.1. The minimum absolute atomic E-state index is 0.0849. The predicted octanol–water partition coefficient (Wildman–Crippen LogP) is -0.843. The largest absolute Gasteiger partial charge is 0.491 e. The Morgan fingerprint density at radius 3 is 2.33 bits per heavy atom. The standard InChI is InChI=1S/C21H25F3N6O6/c22-21(23,24)20(35)36-16(32)8-13-9-28-19(34)14(2-1-7-25)30(13)15(31)10-29-18(33)12-5-3-11(4-6-12)17(26)27/h3-6,13-14H,1-2,7-10,25H2,(H3,26,27)(H,28,34)(H,29,33). The number of halogens is 3. The van der Waals surface area contributed by atoms with Crippen LogP contribution in [0.2, 0.25) is 0 Å². The first-order valence-electron chi connectivity index (χ1n) is 10.7. The maximum Gasteiger partial charge on any atom is 0.491 e. The van der Waals surface area contributed by atoms with E-state index in [0.29, 0.717) is 12.0 Å². The Morgan fingerprint density at radius 2 is 1.78 bits per heavy atom. The minimum atomic E-state index is -5.39. The molecule has 2 unspecified atom stereocenters. The van der Waals surface area contributed by atoms with E-state index in [1.807, 2.05) is 0 Å². The van der Waals surface area contributed by atoms with Crippen LogP contribution in [0.15, 0.2) is 24.3 Å². The molecule has 1 aliphatic rings. The second-order valence-corrected chi connectivity index (χ2v) is 7.78. The number of nitrogens with two attached hydrogens (primary N) is 2. The van der Waals surface area contributed by atoms with Crippen LogP contribution >= 0.6 is 0 Å². The number of benzene rings is 1. The van der Waals surface area contributed by atoms with Gasteiger partial charge in [-0.2, -0.15) is 13.2 Å². The van der Waals surface area contributed by atoms with Gasteiger partial charge in [0.25, 0.3) is 5.91 Å². The third-order valence-electron chi connectivity index (χ3n) is 5.21. The van der Waals surface area contributed by atoms with E-state index in [1.165, 1.54) is 24.3 Å². The van der Waals surface area contributed by atoms with E-state index in [9.17, 15) is 37.1 Å². The van der Waals surface area contributed by atoms with E-state index in [2.05, 4.69) is 15.4 Å². The molecule has 0 aliphatic carbocycles. The van der Waals surface area contributed by atoms with E-state index in [4.69, 9.17) is 16.9 Å². The maximum atomic E-state index is 13.0. The summed E-state index contributed by atoms with van der Waals surface area (Å²) in [6, 6.07) is 3.37. The molecule has 0 radical (unpaired) electrons. The molecule has 0 aromatic heterocycles. The Kier molecular flexibility index (Phi) is 9.49. The van der Waals surface area contributed by atoms with Crippen molar-refractivity contribution in [3.05, 3.63) is 35.4 Å². The van der Waals surface area contributed by atoms with Gasteiger partial charge in [-0.05, 0) is 31.5 Å². The molecule has 12 nitrogen and oxygen atoms in total. The third kappa shape index (κ3) is 7.49. The summed E-state index contributed by atoms with van der Waals surface area (Å²) >= 11 is 0. The van der Waals surface area contributed by atoms with Crippen LogP contribution in [0.3, 0.4) is 0 Å². The van der Waals surface area contributed by atoms with Crippen LogP contribution < -0.4 is 22.1 Å². The number of hydrogen-bond acceptors (Lipinski definition) is 8. The van der Waals surface area contributed by atoms with Crippen molar-refractivity contribution < 1.29 is 41.9 Å². The number of carbonyl (C=O) groups is 5. The zero-order valence-corrected chi connectivity index (χ0v) is 18.9. The fraction of sp³-hybridized carbons (Fsp3) is 0.429. The lowest BCUT2D eigenvalue weighted by Gasteiger charge is -2.41. The molecule has 3 amide bonds. The molecule has 1 fully saturated rings. The van der Waals surface area contributed by atoms with Crippen molar-refractivity contribution in [2.75, 3.05) is 19.6 Å². The van der Waals surface area contributed by atoms with E-state index in [-0.39, 0.29) is 30.9 Å². The summed E-state index contributed by atoms with van der Waals surface area (Å²) in [5, 5.41) is 12.2. The summed E-state index contributed by atoms with van der Waals surface area (Å²) in [6.07, 6.45) is -5.81. The van der Waals surface area contributed by atoms with Gasteiger partial charge in [0.2, 0.25) is 11.8 Å². The Balaban J connectivity index is 2.15. The number of piperazine rings is 1.